The van der Waals surface area contributed by atoms with Crippen molar-refractivity contribution in [2.75, 3.05) is 6.61 Å². The lowest BCUT2D eigenvalue weighted by atomic mass is 9.85. The average Bonchev–Trinajstić information content (AvgIpc) is 3.23. The van der Waals surface area contributed by atoms with Crippen molar-refractivity contribution in [1.29, 1.82) is 0 Å². The zero-order valence-electron chi connectivity index (χ0n) is 38.6. The predicted octanol–water partition coefficient (Wildman–Crippen LogP) is 8.82. The molecule has 0 aromatic heterocycles. The molecule has 0 aromatic carbocycles. The van der Waals surface area contributed by atoms with Gasteiger partial charge in [-0.3, -0.25) is 13.8 Å². The number of phosphoric ester groups is 1. The Bertz CT molecular complexity index is 1060. The van der Waals surface area contributed by atoms with Gasteiger partial charge in [0.05, 0.1) is 31.3 Å². The van der Waals surface area contributed by atoms with Gasteiger partial charge in [-0.2, -0.15) is 0 Å². The topological polar surface area (TPSA) is 226 Å². The summed E-state index contributed by atoms with van der Waals surface area (Å²) in [7, 11) is -5.11. The second kappa shape index (κ2) is 37.5. The van der Waals surface area contributed by atoms with E-state index in [0.717, 1.165) is 51.4 Å². The summed E-state index contributed by atoms with van der Waals surface area (Å²) in [6.07, 6.45) is 24.3. The minimum atomic E-state index is -5.11. The van der Waals surface area contributed by atoms with Crippen LogP contribution in [0.2, 0.25) is 0 Å². The van der Waals surface area contributed by atoms with E-state index < -0.39 is 75.2 Å². The van der Waals surface area contributed by atoms with E-state index in [0.29, 0.717) is 12.8 Å². The van der Waals surface area contributed by atoms with Gasteiger partial charge in [0, 0.05) is 0 Å². The highest BCUT2D eigenvalue weighted by molar-refractivity contribution is 7.47. The Labute approximate surface area is 370 Å². The Kier molecular flexibility index (Phi) is 35.9. The summed E-state index contributed by atoms with van der Waals surface area (Å²) in [6, 6.07) is -1.15. The zero-order valence-corrected chi connectivity index (χ0v) is 39.5. The van der Waals surface area contributed by atoms with E-state index in [9.17, 15) is 50.0 Å². The standard InChI is InChI=1S/C47H94NO12P/c1-3-5-7-9-11-13-15-17-19-21-22-24-26-28-30-32-34-38(49)36-41(51)48-39(37-59-61(57,58)60-47-45(55)43(53)42(52)44(54)46(47)56)40(50)35-33-31-29-27-25-23-20-18-16-14-12-10-8-6-4-2/h38-40,42-47,49-50,52-56H,3-37H2,1-2H3,(H,48,51)(H,57,58). The van der Waals surface area contributed by atoms with Crippen molar-refractivity contribution in [2.24, 2.45) is 0 Å². The highest BCUT2D eigenvalue weighted by Gasteiger charge is 2.51. The number of amides is 1. The van der Waals surface area contributed by atoms with Crippen molar-refractivity contribution in [2.45, 2.75) is 287 Å². The maximum absolute atomic E-state index is 13.0. The number of carbonyl (C=O) groups excluding carboxylic acids is 1. The molecule has 1 fully saturated rings. The smallest absolute Gasteiger partial charge is 0.393 e. The fourth-order valence-corrected chi connectivity index (χ4v) is 9.33. The number of carbonyl (C=O) groups is 1. The minimum absolute atomic E-state index is 0.216. The molecule has 1 aliphatic rings. The Morgan fingerprint density at radius 2 is 0.820 bits per heavy atom. The molecule has 9 N–H and O–H groups in total. The van der Waals surface area contributed by atoms with Crippen molar-refractivity contribution in [3.8, 4) is 0 Å². The normalized spacial score (nSPS) is 23.1. The van der Waals surface area contributed by atoms with Crippen LogP contribution < -0.4 is 5.32 Å². The zero-order chi connectivity index (χ0) is 45.1. The van der Waals surface area contributed by atoms with Gasteiger partial charge < -0.3 is 46.0 Å². The summed E-state index contributed by atoms with van der Waals surface area (Å²) in [5.74, 6) is -0.555. The molecule has 1 saturated carbocycles. The molecule has 0 radical (unpaired) electrons. The summed E-state index contributed by atoms with van der Waals surface area (Å²) >= 11 is 0. The molecule has 8 unspecified atom stereocenters. The molecule has 0 saturated heterocycles. The molecule has 13 nitrogen and oxygen atoms in total. The molecule has 0 aromatic rings. The van der Waals surface area contributed by atoms with Crippen LogP contribution in [0.5, 0.6) is 0 Å². The van der Waals surface area contributed by atoms with Gasteiger partial charge in [-0.05, 0) is 12.8 Å². The quantitative estimate of drug-likeness (QED) is 0.0207. The molecule has 0 aliphatic heterocycles. The predicted molar refractivity (Wildman–Crippen MR) is 243 cm³/mol. The van der Waals surface area contributed by atoms with E-state index in [1.807, 2.05) is 0 Å². The van der Waals surface area contributed by atoms with Crippen LogP contribution in [0.4, 0.5) is 0 Å². The maximum Gasteiger partial charge on any atom is 0.472 e. The fraction of sp³-hybridized carbons (Fsp3) is 0.979. The third-order valence-corrected chi connectivity index (χ3v) is 13.5. The Balaban J connectivity index is 2.47. The fourth-order valence-electron chi connectivity index (χ4n) is 8.36. The number of rotatable bonds is 42. The number of nitrogens with one attached hydrogen (secondary N) is 1. The first kappa shape index (κ1) is 58.3. The average molecular weight is 896 g/mol. The molecule has 14 heteroatoms. The van der Waals surface area contributed by atoms with E-state index in [2.05, 4.69) is 19.2 Å². The van der Waals surface area contributed by atoms with Crippen molar-refractivity contribution in [3.05, 3.63) is 0 Å². The largest absolute Gasteiger partial charge is 0.472 e. The Morgan fingerprint density at radius 1 is 0.508 bits per heavy atom. The highest BCUT2D eigenvalue weighted by Crippen LogP contribution is 2.47. The molecule has 1 amide bonds. The molecule has 61 heavy (non-hydrogen) atoms. The summed E-state index contributed by atoms with van der Waals surface area (Å²) in [6.45, 7) is 3.81. The van der Waals surface area contributed by atoms with E-state index in [4.69, 9.17) is 9.05 Å². The SMILES string of the molecule is CCCCCCCCCCCCCCCCCCC(O)CC(=O)NC(COP(=O)(O)OC1C(O)C(O)C(O)C(O)C1O)C(O)CCCCCCCCCCCCCCCCC. The van der Waals surface area contributed by atoms with Gasteiger partial charge in [0.2, 0.25) is 5.91 Å². The van der Waals surface area contributed by atoms with Crippen LogP contribution in [-0.2, 0) is 18.4 Å². The Morgan fingerprint density at radius 3 is 1.18 bits per heavy atom. The van der Waals surface area contributed by atoms with Crippen LogP contribution in [0.1, 0.15) is 232 Å². The lowest BCUT2D eigenvalue weighted by Gasteiger charge is -2.41. The van der Waals surface area contributed by atoms with Crippen LogP contribution >= 0.6 is 7.82 Å². The van der Waals surface area contributed by atoms with Gasteiger partial charge in [0.15, 0.2) is 0 Å². The molecule has 8 atom stereocenters. The second-order valence-electron chi connectivity index (χ2n) is 18.2. The highest BCUT2D eigenvalue weighted by atomic mass is 31.2. The third-order valence-electron chi connectivity index (χ3n) is 12.5. The van der Waals surface area contributed by atoms with Crippen LogP contribution in [0.3, 0.4) is 0 Å². The lowest BCUT2D eigenvalue weighted by Crippen LogP contribution is -2.64. The van der Waals surface area contributed by atoms with E-state index in [1.54, 1.807) is 0 Å². The van der Waals surface area contributed by atoms with Gasteiger partial charge in [-0.15, -0.1) is 0 Å². The van der Waals surface area contributed by atoms with Gasteiger partial charge in [-0.25, -0.2) is 4.57 Å². The first-order valence-electron chi connectivity index (χ1n) is 25.1. The molecule has 0 heterocycles. The first-order valence-corrected chi connectivity index (χ1v) is 26.6. The molecule has 0 bridgehead atoms. The van der Waals surface area contributed by atoms with Gasteiger partial charge in [-0.1, -0.05) is 213 Å². The number of hydrogen-bond donors (Lipinski definition) is 9. The third kappa shape index (κ3) is 29.5. The molecule has 1 aliphatic carbocycles. The van der Waals surface area contributed by atoms with Crippen molar-refractivity contribution < 1.29 is 59.0 Å². The van der Waals surface area contributed by atoms with E-state index in [-0.39, 0.29) is 12.8 Å². The summed E-state index contributed by atoms with van der Waals surface area (Å²) in [5, 5.41) is 74.7. The number of aliphatic hydroxyl groups excluding tert-OH is 7. The number of phosphoric acid groups is 1. The van der Waals surface area contributed by atoms with Gasteiger partial charge in [0.25, 0.3) is 0 Å². The Hall–Kier alpha value is -0.700. The summed E-state index contributed by atoms with van der Waals surface area (Å²) in [5.41, 5.74) is 0. The summed E-state index contributed by atoms with van der Waals surface area (Å²) in [4.78, 5) is 23.5. The molecule has 0 spiro atoms. The van der Waals surface area contributed by atoms with Gasteiger partial charge >= 0.3 is 7.82 Å². The maximum atomic E-state index is 13.0. The van der Waals surface area contributed by atoms with Crippen LogP contribution in [0.25, 0.3) is 0 Å². The summed E-state index contributed by atoms with van der Waals surface area (Å²) < 4.78 is 23.0. The molecule has 1 rings (SSSR count). The van der Waals surface area contributed by atoms with E-state index >= 15 is 0 Å². The van der Waals surface area contributed by atoms with Crippen LogP contribution in [0.15, 0.2) is 0 Å². The van der Waals surface area contributed by atoms with Crippen molar-refractivity contribution in [3.63, 3.8) is 0 Å². The lowest BCUT2D eigenvalue weighted by molar-refractivity contribution is -0.220. The number of unbranched alkanes of at least 4 members (excludes halogenated alkanes) is 29. The minimum Gasteiger partial charge on any atom is -0.393 e. The van der Waals surface area contributed by atoms with Crippen molar-refractivity contribution >= 4 is 13.7 Å². The first-order chi connectivity index (χ1) is 29.3. The second-order valence-corrected chi connectivity index (χ2v) is 19.6. The molecule has 364 valence electrons. The number of aliphatic hydroxyl groups is 7. The number of hydrogen-bond acceptors (Lipinski definition) is 11. The van der Waals surface area contributed by atoms with E-state index in [1.165, 1.54) is 141 Å². The molecular weight excluding hydrogens is 801 g/mol. The van der Waals surface area contributed by atoms with Crippen LogP contribution in [0, 0.1) is 0 Å². The monoisotopic (exact) mass is 896 g/mol. The van der Waals surface area contributed by atoms with Gasteiger partial charge in [0.1, 0.15) is 36.6 Å². The van der Waals surface area contributed by atoms with Crippen LogP contribution in [-0.4, -0.2) is 108 Å². The molecular formula is C47H94NO12P. The van der Waals surface area contributed by atoms with Crippen molar-refractivity contribution in [1.82, 2.24) is 5.32 Å².